The van der Waals surface area contributed by atoms with E-state index < -0.39 is 0 Å². The van der Waals surface area contributed by atoms with Gasteiger partial charge < -0.3 is 10.2 Å². The SMILES string of the molecule is CCC=C(CCC)c1ccc(CC(=O)NC2=[N+](C(C)C)C(C3CCCC(C4NN=C(NC(=O)Cc5ccc(N(CC)CC)cc5)S4)C3)S2)cc1. The van der Waals surface area contributed by atoms with Crippen molar-refractivity contribution >= 4 is 56.9 Å². The van der Waals surface area contributed by atoms with Gasteiger partial charge in [0.15, 0.2) is 10.5 Å². The smallest absolute Gasteiger partial charge is 0.318 e. The average molecular weight is 718 g/mol. The molecule has 0 spiro atoms. The van der Waals surface area contributed by atoms with Crippen LogP contribution in [0.4, 0.5) is 5.69 Å². The first kappa shape index (κ1) is 38.0. The number of amides is 2. The number of nitrogens with one attached hydrogen (secondary N) is 3. The van der Waals surface area contributed by atoms with Crippen LogP contribution < -0.4 is 21.0 Å². The van der Waals surface area contributed by atoms with Crippen LogP contribution in [0.25, 0.3) is 5.57 Å². The van der Waals surface area contributed by atoms with Gasteiger partial charge in [-0.3, -0.25) is 10.2 Å². The van der Waals surface area contributed by atoms with Crippen molar-refractivity contribution in [2.45, 2.75) is 116 Å². The summed E-state index contributed by atoms with van der Waals surface area (Å²) in [4.78, 5) is 28.3. The number of carbonyl (C=O) groups excluding carboxylic acids is 2. The second-order valence-corrected chi connectivity index (χ2v) is 16.2. The number of allylic oxidation sites excluding steroid dienone is 2. The number of hydrazone groups is 1. The number of anilines is 1. The monoisotopic (exact) mass is 717 g/mol. The zero-order valence-corrected chi connectivity index (χ0v) is 32.5. The fraction of sp³-hybridized carbons (Fsp3) is 0.550. The topological polar surface area (TPSA) is 88.8 Å². The number of hydrogen-bond acceptors (Lipinski definition) is 7. The lowest BCUT2D eigenvalue weighted by molar-refractivity contribution is -0.587. The number of rotatable bonds is 14. The standard InChI is InChI=1S/C40H56N6O2S2/c1-7-12-30(13-8-2)31-20-16-28(17-21-31)25-36(48)42-40-46(27(5)6)38(50-40)33-15-11-14-32(26-33)37-43-44-39(49-37)41-35(47)24-29-18-22-34(23-19-29)45(9-3)10-4/h12,16-23,27,32-33,37-38,43H,7-11,13-15,24-26H2,1-6H3,(H,41,44,47)/p+1. The molecule has 2 aromatic carbocycles. The lowest BCUT2D eigenvalue weighted by atomic mass is 9.80. The number of nitrogens with zero attached hydrogens (tertiary/aromatic N) is 3. The van der Waals surface area contributed by atoms with Gasteiger partial charge in [0.25, 0.3) is 0 Å². The molecule has 2 heterocycles. The maximum Gasteiger partial charge on any atom is 0.318 e. The van der Waals surface area contributed by atoms with Crippen LogP contribution in [0.15, 0.2) is 59.7 Å². The maximum absolute atomic E-state index is 13.1. The molecule has 4 atom stereocenters. The summed E-state index contributed by atoms with van der Waals surface area (Å²) < 4.78 is 2.41. The predicted octanol–water partition coefficient (Wildman–Crippen LogP) is 7.73. The van der Waals surface area contributed by atoms with E-state index in [0.717, 1.165) is 61.5 Å². The molecule has 1 saturated carbocycles. The maximum atomic E-state index is 13.1. The van der Waals surface area contributed by atoms with Crippen LogP contribution >= 0.6 is 23.5 Å². The molecular formula is C40H57N6O2S2+. The highest BCUT2D eigenvalue weighted by molar-refractivity contribution is 8.15. The zero-order valence-electron chi connectivity index (χ0n) is 30.8. The van der Waals surface area contributed by atoms with Gasteiger partial charge in [0.1, 0.15) is 0 Å². The van der Waals surface area contributed by atoms with Crippen LogP contribution in [0, 0.1) is 11.8 Å². The molecule has 8 nitrogen and oxygen atoms in total. The number of thioether (sulfide) groups is 2. The van der Waals surface area contributed by atoms with Crippen LogP contribution in [-0.4, -0.2) is 56.6 Å². The molecular weight excluding hydrogens is 661 g/mol. The van der Waals surface area contributed by atoms with Crippen molar-refractivity contribution in [1.29, 1.82) is 0 Å². The second-order valence-electron chi connectivity index (χ2n) is 14.0. The number of hydrogen-bond donors (Lipinski definition) is 3. The van der Waals surface area contributed by atoms with Crippen LogP contribution in [0.3, 0.4) is 0 Å². The van der Waals surface area contributed by atoms with Crippen LogP contribution in [0.5, 0.6) is 0 Å². The first-order valence-corrected chi connectivity index (χ1v) is 20.5. The van der Waals surface area contributed by atoms with Crippen molar-refractivity contribution in [2.75, 3.05) is 18.0 Å². The Labute approximate surface area is 308 Å². The summed E-state index contributed by atoms with van der Waals surface area (Å²) in [5, 5.41) is 12.9. The Bertz CT molecular complexity index is 1550. The summed E-state index contributed by atoms with van der Waals surface area (Å²) in [5.41, 5.74) is 9.20. The quantitative estimate of drug-likeness (QED) is 0.174. The molecule has 2 aromatic rings. The van der Waals surface area contributed by atoms with Gasteiger partial charge in [-0.1, -0.05) is 80.9 Å². The van der Waals surface area contributed by atoms with Gasteiger partial charge in [0, 0.05) is 36.5 Å². The van der Waals surface area contributed by atoms with Gasteiger partial charge in [-0.05, 0) is 100 Å². The lowest BCUT2D eigenvalue weighted by Crippen LogP contribution is -2.54. The summed E-state index contributed by atoms with van der Waals surface area (Å²) in [6.45, 7) is 15.0. The van der Waals surface area contributed by atoms with Crippen molar-refractivity contribution in [3.05, 3.63) is 71.3 Å². The molecule has 3 aliphatic rings. The first-order valence-electron chi connectivity index (χ1n) is 18.8. The molecule has 0 aromatic heterocycles. The summed E-state index contributed by atoms with van der Waals surface area (Å²) in [6, 6.07) is 17.1. The molecule has 2 aliphatic heterocycles. The van der Waals surface area contributed by atoms with Crippen molar-refractivity contribution in [3.63, 3.8) is 0 Å². The molecule has 3 N–H and O–H groups in total. The molecule has 0 radical (unpaired) electrons. The Morgan fingerprint density at radius 1 is 0.920 bits per heavy atom. The van der Waals surface area contributed by atoms with Gasteiger partial charge in [-0.15, -0.1) is 0 Å². The molecule has 0 saturated heterocycles. The summed E-state index contributed by atoms with van der Waals surface area (Å²) in [7, 11) is 0. The largest absolute Gasteiger partial charge is 0.372 e. The molecule has 270 valence electrons. The van der Waals surface area contributed by atoms with Gasteiger partial charge in [0.05, 0.1) is 24.3 Å². The van der Waals surface area contributed by atoms with Crippen LogP contribution in [0.1, 0.15) is 103 Å². The third kappa shape index (κ3) is 9.75. The molecule has 4 unspecified atom stereocenters. The Hall–Kier alpha value is -3.24. The number of benzene rings is 2. The third-order valence-corrected chi connectivity index (χ3v) is 12.5. The zero-order chi connectivity index (χ0) is 35.6. The molecule has 1 aliphatic carbocycles. The fourth-order valence-corrected chi connectivity index (χ4v) is 10.1. The fourth-order valence-electron chi connectivity index (χ4n) is 7.43. The second kappa shape index (κ2) is 18.3. The van der Waals surface area contributed by atoms with E-state index in [9.17, 15) is 9.59 Å². The number of carbonyl (C=O) groups is 2. The van der Waals surface area contributed by atoms with Gasteiger partial charge >= 0.3 is 11.1 Å². The highest BCUT2D eigenvalue weighted by atomic mass is 32.2. The van der Waals surface area contributed by atoms with Crippen LogP contribution in [0.2, 0.25) is 0 Å². The van der Waals surface area contributed by atoms with E-state index in [1.807, 2.05) is 23.9 Å². The highest BCUT2D eigenvalue weighted by Crippen LogP contribution is 2.44. The Kier molecular flexibility index (Phi) is 13.9. The van der Waals surface area contributed by atoms with Gasteiger partial charge in [0.2, 0.25) is 5.91 Å². The summed E-state index contributed by atoms with van der Waals surface area (Å²) >= 11 is 3.47. The molecule has 5 rings (SSSR count). The van der Waals surface area contributed by atoms with E-state index >= 15 is 0 Å². The lowest BCUT2D eigenvalue weighted by Gasteiger charge is -2.40. The molecule has 50 heavy (non-hydrogen) atoms. The average Bonchev–Trinajstić information content (AvgIpc) is 3.56. The van der Waals surface area contributed by atoms with E-state index in [4.69, 9.17) is 0 Å². The predicted molar refractivity (Wildman–Crippen MR) is 212 cm³/mol. The highest BCUT2D eigenvalue weighted by Gasteiger charge is 2.47. The van der Waals surface area contributed by atoms with E-state index in [2.05, 4.69) is 115 Å². The summed E-state index contributed by atoms with van der Waals surface area (Å²) in [5.74, 6) is 0.995. The molecule has 0 bridgehead atoms. The van der Waals surface area contributed by atoms with Crippen molar-refractivity contribution < 1.29 is 14.2 Å². The minimum atomic E-state index is -0.0402. The summed E-state index contributed by atoms with van der Waals surface area (Å²) in [6.07, 6.45) is 10.9. The van der Waals surface area contributed by atoms with Gasteiger partial charge in [-0.25, -0.2) is 14.7 Å². The van der Waals surface area contributed by atoms with E-state index in [1.165, 1.54) is 29.7 Å². The van der Waals surface area contributed by atoms with Crippen LogP contribution in [-0.2, 0) is 22.4 Å². The minimum absolute atomic E-state index is 0.0402. The first-order chi connectivity index (χ1) is 24.2. The van der Waals surface area contributed by atoms with E-state index in [0.29, 0.717) is 41.3 Å². The van der Waals surface area contributed by atoms with E-state index in [1.54, 1.807) is 11.8 Å². The Morgan fingerprint density at radius 3 is 2.18 bits per heavy atom. The molecule has 2 amide bonds. The number of amidine groups is 2. The van der Waals surface area contributed by atoms with Gasteiger partial charge in [-0.2, -0.15) is 5.10 Å². The molecule has 1 fully saturated rings. The third-order valence-electron chi connectivity index (χ3n) is 10.00. The van der Waals surface area contributed by atoms with E-state index in [-0.39, 0.29) is 17.2 Å². The Morgan fingerprint density at radius 2 is 1.56 bits per heavy atom. The Balaban J connectivity index is 1.10. The molecule has 10 heteroatoms. The van der Waals surface area contributed by atoms with Crippen molar-refractivity contribution in [3.8, 4) is 0 Å². The van der Waals surface area contributed by atoms with Crippen molar-refractivity contribution in [2.24, 2.45) is 16.9 Å². The normalized spacial score (nSPS) is 22.1. The minimum Gasteiger partial charge on any atom is -0.372 e. The van der Waals surface area contributed by atoms with Crippen molar-refractivity contribution in [1.82, 2.24) is 16.1 Å².